The number of carbonyl (C=O) groups is 9. The number of likely N-dealkylation sites (N-methyl/N-ethyl adjacent to an activating group) is 1. The number of hydrogen-bond acceptors (Lipinski definition) is 30. The minimum Gasteiger partial charge on any atom is -0.508 e. The van der Waals surface area contributed by atoms with Crippen molar-refractivity contribution in [3.05, 3.63) is 211 Å². The van der Waals surface area contributed by atoms with Crippen molar-refractivity contribution in [1.29, 1.82) is 0 Å². The molecule has 8 aliphatic rings. The Labute approximate surface area is 806 Å². The third-order valence-electron chi connectivity index (χ3n) is 25.0. The first-order valence-corrected chi connectivity index (χ1v) is 45.8. The molecule has 734 valence electrons. The van der Waals surface area contributed by atoms with Crippen molar-refractivity contribution in [2.24, 2.45) is 17.4 Å². The minimum absolute atomic E-state index is 0.0680. The van der Waals surface area contributed by atoms with Crippen LogP contribution in [0, 0.1) is 12.8 Å². The highest BCUT2D eigenvalue weighted by molar-refractivity contribution is 7.17. The highest BCUT2D eigenvalue weighted by atomic mass is 35.5. The second-order valence-electron chi connectivity index (χ2n) is 35.7. The van der Waals surface area contributed by atoms with Crippen molar-refractivity contribution in [2.75, 3.05) is 13.7 Å². The molecule has 16 rings (SSSR count). The zero-order valence-electron chi connectivity index (χ0n) is 75.4. The molecule has 43 heteroatoms. The van der Waals surface area contributed by atoms with E-state index in [9.17, 15) is 64.9 Å². The molecule has 8 amide bonds. The SMILES string of the molecule is Cc1ccc2cc1-c1c(O)cc(O)cc1[C@H](C(=O)O)NC(=O)[C@H]1NC(=O)[C@@H]2NC(=O)[C@@H]2NC(=O)[C@H](CC(N)=O)NC(=O)[C@H](NC(=O)[C@@H](CC(C)C)N(C)C(=O)OCc3ccc(OP=O)cc3)[C@H](O)c3ccc(c(Cl)c3)Oc3cc2cc(c3O[C@@H]2O[C@H](CO)[C@@H](O)[C@H](O)[C@H]2O[C@H]2C[C@](C)(NCc3ccc(-c4ccc(Cl)cc4)cc3)[C@@H](O)[C@H](C)O2)Oc2ccc(cc2Cl)[C@H]1O[C@H]1C[C@](C)(N)[C@@H](O)[C@H](C)O1. The van der Waals surface area contributed by atoms with Crippen molar-refractivity contribution in [3.63, 3.8) is 0 Å². The summed E-state index contributed by atoms with van der Waals surface area (Å²) in [4.78, 5) is 138. The Kier molecular flexibility index (Phi) is 31.6. The molecule has 8 aromatic rings. The second kappa shape index (κ2) is 42.8. The lowest BCUT2D eigenvalue weighted by atomic mass is 9.84. The number of aliphatic hydroxyl groups is 6. The smallest absolute Gasteiger partial charge is 0.410 e. The summed E-state index contributed by atoms with van der Waals surface area (Å²) in [5.74, 6) is -15.7. The number of rotatable bonds is 23. The maximum atomic E-state index is 16.8. The van der Waals surface area contributed by atoms with Gasteiger partial charge in [-0.05, 0) is 175 Å². The van der Waals surface area contributed by atoms with Gasteiger partial charge in [-0.1, -0.05) is 121 Å². The number of aromatic hydroxyl groups is 2. The first kappa shape index (κ1) is 102. The number of aliphatic hydroxyl groups excluding tert-OH is 6. The van der Waals surface area contributed by atoms with Crippen LogP contribution in [0.3, 0.4) is 0 Å². The number of nitrogens with zero attached hydrogens (tertiary/aromatic N) is 1. The second-order valence-corrected chi connectivity index (χ2v) is 37.3. The van der Waals surface area contributed by atoms with Gasteiger partial charge in [-0.2, -0.15) is 0 Å². The molecule has 0 unspecified atom stereocenters. The van der Waals surface area contributed by atoms with Gasteiger partial charge in [0.05, 0.1) is 47.5 Å². The molecule has 0 aliphatic carbocycles. The number of phenols is 2. The number of primary amides is 1. The number of aliphatic carboxylic acids is 1. The van der Waals surface area contributed by atoms with Crippen LogP contribution < -0.4 is 67.4 Å². The number of nitrogens with one attached hydrogen (secondary N) is 7. The number of carboxylic acids is 1. The molecule has 138 heavy (non-hydrogen) atoms. The molecule has 0 spiro atoms. The largest absolute Gasteiger partial charge is 0.508 e. The van der Waals surface area contributed by atoms with Crippen LogP contribution in [-0.4, -0.2) is 221 Å². The number of fused-ring (bicyclic) bond motifs is 15. The van der Waals surface area contributed by atoms with Gasteiger partial charge < -0.3 is 142 Å². The van der Waals surface area contributed by atoms with E-state index >= 15 is 28.8 Å². The predicted molar refractivity (Wildman–Crippen MR) is 492 cm³/mol. The summed E-state index contributed by atoms with van der Waals surface area (Å²) in [5.41, 5.74) is 11.1. The number of hydrogen-bond donors (Lipinski definition) is 18. The molecule has 22 atom stereocenters. The van der Waals surface area contributed by atoms with E-state index in [2.05, 4.69) is 37.2 Å². The van der Waals surface area contributed by atoms with Gasteiger partial charge in [0.25, 0.3) is 0 Å². The van der Waals surface area contributed by atoms with Gasteiger partial charge in [-0.25, -0.2) is 14.2 Å². The van der Waals surface area contributed by atoms with E-state index < -0.39 is 276 Å². The van der Waals surface area contributed by atoms with Crippen LogP contribution in [0.2, 0.25) is 15.1 Å². The van der Waals surface area contributed by atoms with Crippen molar-refractivity contribution < 1.29 is 141 Å². The lowest BCUT2D eigenvalue weighted by Gasteiger charge is -2.48. The Bertz CT molecular complexity index is 5940. The van der Waals surface area contributed by atoms with E-state index in [1.807, 2.05) is 36.4 Å². The van der Waals surface area contributed by atoms with Crippen molar-refractivity contribution in [2.45, 2.75) is 221 Å². The Hall–Kier alpha value is -12.0. The Morgan fingerprint density at radius 1 is 0.652 bits per heavy atom. The van der Waals surface area contributed by atoms with Gasteiger partial charge in [0.1, 0.15) is 102 Å². The molecule has 3 fully saturated rings. The Morgan fingerprint density at radius 2 is 1.25 bits per heavy atom. The van der Waals surface area contributed by atoms with Gasteiger partial charge in [0.2, 0.25) is 53.4 Å². The lowest BCUT2D eigenvalue weighted by molar-refractivity contribution is -0.334. The Morgan fingerprint density at radius 3 is 1.86 bits per heavy atom. The number of amides is 8. The maximum absolute atomic E-state index is 16.8. The average Bonchev–Trinajstić information content (AvgIpc) is 0.760. The summed E-state index contributed by atoms with van der Waals surface area (Å²) >= 11 is 21.0. The molecule has 0 saturated carbocycles. The standard InChI is InChI=1S/C95H104Cl3N10O29P/c1-41(2)27-61(108(8)93(126)128-40-46-12-23-55(24-13-46)137-138-127)86(119)106-75-77(113)50-19-25-63(58(97)29-50)131-65-31-52-32-66(81(65)136-92-82(79(115)78(114)67(39-109)133-92)135-70-37-95(7,84(117)44(5)130-70)101-38-45-10-15-47(16-11-45)48-17-21-53(96)22-18-48)132-64-26-20-51(30-59(64)98)80(134-69-36-94(6,100)83(116)43(4)129-69)76-90(123)105-74(91(124)125)57-33-54(110)34-62(111)71(57)56-28-49(14-9-42(56)3)72(87(120)107-76)104-88(121)73(52)103-85(118)60(35-68(99)112)102-89(75)122/h9-26,28-34,41,43-44,60-61,67,69-70,72-80,82-84,92,101,109-111,113-117H,27,35-40,100H2,1-8H3,(H2,99,112)(H,102,122)(H,103,118)(H,104,121)(H,105,123)(H,106,119)(H,107,120)(H,124,125)/t43-,44-,60-,61+,67+,69-,70-,72+,73+,74+,75+,76-,77+,78+,79-,80+,82+,83-,84-,92-,94-,95-/m0/s1. The zero-order chi connectivity index (χ0) is 99.5. The molecule has 0 radical (unpaired) electrons. The molecular weight excluding hydrogens is 1880 g/mol. The normalized spacial score (nSPS) is 28.0. The molecule has 0 aromatic heterocycles. The topological polar surface area (TPSA) is 585 Å². The van der Waals surface area contributed by atoms with E-state index in [1.165, 1.54) is 94.5 Å². The van der Waals surface area contributed by atoms with Crippen LogP contribution in [0.1, 0.15) is 142 Å². The number of carboxylic acid groups (broad SMARTS) is 1. The van der Waals surface area contributed by atoms with Gasteiger partial charge in [0.15, 0.2) is 36.2 Å². The quantitative estimate of drug-likeness (QED) is 0.0272. The number of nitrogens with two attached hydrogens (primary N) is 2. The van der Waals surface area contributed by atoms with Gasteiger partial charge in [-0.15, -0.1) is 0 Å². The summed E-state index contributed by atoms with van der Waals surface area (Å²) in [7, 11) is 0.606. The van der Waals surface area contributed by atoms with E-state index in [4.69, 9.17) is 93.4 Å². The molecule has 39 nitrogen and oxygen atoms in total. The van der Waals surface area contributed by atoms with Gasteiger partial charge >= 0.3 is 20.7 Å². The van der Waals surface area contributed by atoms with Crippen molar-refractivity contribution in [1.82, 2.24) is 42.1 Å². The average molecular weight is 1990 g/mol. The third-order valence-corrected chi connectivity index (χ3v) is 26.1. The van der Waals surface area contributed by atoms with Crippen LogP contribution in [0.15, 0.2) is 152 Å². The molecule has 20 N–H and O–H groups in total. The fraction of sp³-hybridized carbons (Fsp3) is 0.400. The minimum atomic E-state index is -2.43. The lowest BCUT2D eigenvalue weighted by Crippen LogP contribution is -2.65. The van der Waals surface area contributed by atoms with E-state index in [0.29, 0.717) is 10.6 Å². The fourth-order valence-corrected chi connectivity index (χ4v) is 18.2. The van der Waals surface area contributed by atoms with Crippen LogP contribution in [0.5, 0.6) is 46.0 Å². The highest BCUT2D eigenvalue weighted by Crippen LogP contribution is 2.51. The number of benzene rings is 8. The summed E-state index contributed by atoms with van der Waals surface area (Å²) in [6, 6.07) is 20.7. The van der Waals surface area contributed by atoms with E-state index in [0.717, 1.165) is 58.0 Å². The number of carbonyl (C=O) groups excluding carboxylic acids is 8. The summed E-state index contributed by atoms with van der Waals surface area (Å²) < 4.78 is 74.9. The van der Waals surface area contributed by atoms with E-state index in [1.54, 1.807) is 39.8 Å². The van der Waals surface area contributed by atoms with E-state index in [-0.39, 0.29) is 71.5 Å². The van der Waals surface area contributed by atoms with Crippen LogP contribution in [0.4, 0.5) is 4.79 Å². The van der Waals surface area contributed by atoms with Crippen molar-refractivity contribution >= 4 is 96.9 Å². The number of halogens is 3. The molecule has 8 aromatic carbocycles. The van der Waals surface area contributed by atoms with Gasteiger partial charge in [-0.3, -0.25) is 38.5 Å². The third kappa shape index (κ3) is 22.8. The Balaban J connectivity index is 0.945. The molecule has 8 aliphatic heterocycles. The van der Waals surface area contributed by atoms with Crippen LogP contribution >= 0.6 is 43.5 Å². The fourth-order valence-electron chi connectivity index (χ4n) is 17.4. The summed E-state index contributed by atoms with van der Waals surface area (Å²) in [6.45, 7) is 9.97. The molecular formula is C95H104Cl3N10O29P. The summed E-state index contributed by atoms with van der Waals surface area (Å²) in [6.07, 6.45) is -24.8. The molecule has 3 saturated heterocycles. The monoisotopic (exact) mass is 1980 g/mol. The molecule has 8 heterocycles. The van der Waals surface area contributed by atoms with Crippen molar-refractivity contribution in [3.8, 4) is 68.2 Å². The first-order chi connectivity index (χ1) is 65.5. The summed E-state index contributed by atoms with van der Waals surface area (Å²) in [5, 5.41) is 125. The highest BCUT2D eigenvalue weighted by Gasteiger charge is 2.53. The van der Waals surface area contributed by atoms with Gasteiger partial charge in [0, 0.05) is 59.7 Å². The predicted octanol–water partition coefficient (Wildman–Crippen LogP) is 7.73. The first-order valence-electron chi connectivity index (χ1n) is 43.9. The van der Waals surface area contributed by atoms with Crippen LogP contribution in [0.25, 0.3) is 22.3 Å². The number of phenolic OH excluding ortho intramolecular Hbond substituents is 2. The van der Waals surface area contributed by atoms with Crippen LogP contribution in [-0.2, 0) is 84.5 Å². The maximum Gasteiger partial charge on any atom is 0.410 e. The number of aryl methyl sites for hydroxylation is 1. The zero-order valence-corrected chi connectivity index (χ0v) is 78.5. The molecule has 11 bridgehead atoms. The number of ether oxygens (including phenoxy) is 9.